The predicted octanol–water partition coefficient (Wildman–Crippen LogP) is 2.41. The van der Waals surface area contributed by atoms with Gasteiger partial charge in [0.2, 0.25) is 0 Å². The highest BCUT2D eigenvalue weighted by Crippen LogP contribution is 2.32. The summed E-state index contributed by atoms with van der Waals surface area (Å²) in [4.78, 5) is 5.02. The minimum absolute atomic E-state index is 0.109. The predicted molar refractivity (Wildman–Crippen MR) is 86.6 cm³/mol. The second kappa shape index (κ2) is 5.37. The van der Waals surface area contributed by atoms with E-state index in [4.69, 9.17) is 11.1 Å². The Morgan fingerprint density at radius 2 is 2.05 bits per heavy atom. The standard InChI is InChI=1S/C15H21BrN4/c1-19-10-2-3-12(19)9-20(7-6-10)11-4-5-13(15(17)18)14(16)8-11/h4-5,8,10,12H,2-3,6-7,9H2,1H3,(H3,17,18). The molecule has 0 radical (unpaired) electrons. The smallest absolute Gasteiger partial charge is 0.123 e. The van der Waals surface area contributed by atoms with Gasteiger partial charge in [-0.05, 0) is 60.4 Å². The molecular weight excluding hydrogens is 316 g/mol. The zero-order chi connectivity index (χ0) is 14.3. The number of halogens is 1. The Hall–Kier alpha value is -1.07. The second-order valence-electron chi connectivity index (χ2n) is 5.86. The molecule has 0 spiro atoms. The van der Waals surface area contributed by atoms with Crippen LogP contribution in [0.3, 0.4) is 0 Å². The van der Waals surface area contributed by atoms with Crippen molar-refractivity contribution in [3.05, 3.63) is 28.2 Å². The number of anilines is 1. The van der Waals surface area contributed by atoms with Crippen molar-refractivity contribution in [1.82, 2.24) is 4.90 Å². The van der Waals surface area contributed by atoms with Crippen LogP contribution in [-0.4, -0.2) is 43.0 Å². The third-order valence-corrected chi connectivity index (χ3v) is 5.41. The molecule has 0 saturated carbocycles. The largest absolute Gasteiger partial charge is 0.384 e. The molecule has 0 amide bonds. The van der Waals surface area contributed by atoms with Crippen LogP contribution in [0.15, 0.2) is 22.7 Å². The van der Waals surface area contributed by atoms with Gasteiger partial charge in [-0.1, -0.05) is 0 Å². The fraction of sp³-hybridized carbons (Fsp3) is 0.533. The first-order chi connectivity index (χ1) is 9.56. The normalized spacial score (nSPS) is 26.6. The SMILES string of the molecule is CN1C2CCC1CN(c1ccc(C(=N)N)c(Br)c1)CC2. The summed E-state index contributed by atoms with van der Waals surface area (Å²) < 4.78 is 0.908. The topological polar surface area (TPSA) is 56.4 Å². The van der Waals surface area contributed by atoms with E-state index in [0.717, 1.165) is 29.2 Å². The van der Waals surface area contributed by atoms with Crippen LogP contribution in [-0.2, 0) is 0 Å². The molecule has 2 saturated heterocycles. The van der Waals surface area contributed by atoms with Crippen molar-refractivity contribution in [2.45, 2.75) is 31.3 Å². The Morgan fingerprint density at radius 1 is 1.30 bits per heavy atom. The maximum Gasteiger partial charge on any atom is 0.123 e. The molecule has 0 aliphatic carbocycles. The van der Waals surface area contributed by atoms with Crippen LogP contribution in [0.5, 0.6) is 0 Å². The Balaban J connectivity index is 1.83. The molecule has 4 nitrogen and oxygen atoms in total. The number of likely N-dealkylation sites (N-methyl/N-ethyl adjacent to an activating group) is 1. The van der Waals surface area contributed by atoms with Crippen LogP contribution in [0.2, 0.25) is 0 Å². The Bertz CT molecular complexity index is 531. The molecule has 2 bridgehead atoms. The lowest BCUT2D eigenvalue weighted by Crippen LogP contribution is -2.36. The highest BCUT2D eigenvalue weighted by atomic mass is 79.9. The van der Waals surface area contributed by atoms with Crippen molar-refractivity contribution in [3.63, 3.8) is 0 Å². The van der Waals surface area contributed by atoms with Crippen molar-refractivity contribution < 1.29 is 0 Å². The van der Waals surface area contributed by atoms with Gasteiger partial charge >= 0.3 is 0 Å². The minimum atomic E-state index is 0.109. The van der Waals surface area contributed by atoms with Crippen molar-refractivity contribution in [3.8, 4) is 0 Å². The summed E-state index contributed by atoms with van der Waals surface area (Å²) in [6.45, 7) is 2.20. The highest BCUT2D eigenvalue weighted by Gasteiger charge is 2.34. The van der Waals surface area contributed by atoms with E-state index >= 15 is 0 Å². The van der Waals surface area contributed by atoms with Crippen LogP contribution < -0.4 is 10.6 Å². The fourth-order valence-corrected chi connectivity index (χ4v) is 4.04. The summed E-state index contributed by atoms with van der Waals surface area (Å²) in [6, 6.07) is 7.55. The lowest BCUT2D eigenvalue weighted by molar-refractivity contribution is 0.254. The van der Waals surface area contributed by atoms with Crippen molar-refractivity contribution in [2.24, 2.45) is 5.73 Å². The average molecular weight is 337 g/mol. The monoisotopic (exact) mass is 336 g/mol. The maximum absolute atomic E-state index is 7.55. The molecule has 5 heteroatoms. The van der Waals surface area contributed by atoms with E-state index in [1.54, 1.807) is 0 Å². The van der Waals surface area contributed by atoms with Crippen LogP contribution in [0.4, 0.5) is 5.69 Å². The third kappa shape index (κ3) is 2.44. The number of hydrogen-bond donors (Lipinski definition) is 2. The van der Waals surface area contributed by atoms with Gasteiger partial charge in [0.05, 0.1) is 0 Å². The van der Waals surface area contributed by atoms with Gasteiger partial charge < -0.3 is 10.6 Å². The second-order valence-corrected chi connectivity index (χ2v) is 6.72. The zero-order valence-electron chi connectivity index (χ0n) is 11.8. The molecule has 1 aromatic carbocycles. The van der Waals surface area contributed by atoms with Crippen LogP contribution in [0.25, 0.3) is 0 Å². The van der Waals surface area contributed by atoms with Gasteiger partial charge in [-0.25, -0.2) is 0 Å². The summed E-state index contributed by atoms with van der Waals surface area (Å²) in [6.07, 6.45) is 3.89. The highest BCUT2D eigenvalue weighted by molar-refractivity contribution is 9.10. The van der Waals surface area contributed by atoms with Gasteiger partial charge in [0.25, 0.3) is 0 Å². The molecule has 2 heterocycles. The molecule has 0 aromatic heterocycles. The number of benzene rings is 1. The summed E-state index contributed by atoms with van der Waals surface area (Å²) >= 11 is 3.53. The lowest BCUT2D eigenvalue weighted by atomic mass is 10.1. The van der Waals surface area contributed by atoms with E-state index in [-0.39, 0.29) is 5.84 Å². The molecule has 2 fully saturated rings. The molecule has 20 heavy (non-hydrogen) atoms. The number of amidine groups is 1. The van der Waals surface area contributed by atoms with Gasteiger partial charge in [-0.2, -0.15) is 0 Å². The molecule has 3 N–H and O–H groups in total. The molecule has 1 aromatic rings. The number of nitrogens with one attached hydrogen (secondary N) is 1. The van der Waals surface area contributed by atoms with E-state index in [9.17, 15) is 0 Å². The van der Waals surface area contributed by atoms with Crippen molar-refractivity contribution in [2.75, 3.05) is 25.0 Å². The van der Waals surface area contributed by atoms with Crippen molar-refractivity contribution >= 4 is 27.5 Å². The van der Waals surface area contributed by atoms with Crippen LogP contribution in [0.1, 0.15) is 24.8 Å². The number of nitrogens with zero attached hydrogens (tertiary/aromatic N) is 2. The summed E-state index contributed by atoms with van der Waals surface area (Å²) in [7, 11) is 2.26. The number of nitrogen functional groups attached to an aromatic ring is 1. The van der Waals surface area contributed by atoms with E-state index in [1.807, 2.05) is 6.07 Å². The first-order valence-corrected chi connectivity index (χ1v) is 7.96. The van der Waals surface area contributed by atoms with E-state index in [0.29, 0.717) is 6.04 Å². The van der Waals surface area contributed by atoms with E-state index in [1.165, 1.54) is 24.9 Å². The number of fused-ring (bicyclic) bond motifs is 2. The number of hydrogen-bond acceptors (Lipinski definition) is 3. The van der Waals surface area contributed by atoms with Gasteiger partial charge in [-0.15, -0.1) is 0 Å². The number of rotatable bonds is 2. The quantitative estimate of drug-likeness (QED) is 0.644. The molecule has 2 unspecified atom stereocenters. The lowest BCUT2D eigenvalue weighted by Gasteiger charge is -2.28. The molecule has 108 valence electrons. The van der Waals surface area contributed by atoms with E-state index in [2.05, 4.69) is 44.9 Å². The van der Waals surface area contributed by atoms with Crippen LogP contribution >= 0.6 is 15.9 Å². The summed E-state index contributed by atoms with van der Waals surface area (Å²) in [5.74, 6) is 0.109. The molecule has 2 aliphatic heterocycles. The fourth-order valence-electron chi connectivity index (χ4n) is 3.46. The van der Waals surface area contributed by atoms with Gasteiger partial charge in [0.15, 0.2) is 0 Å². The van der Waals surface area contributed by atoms with Gasteiger partial charge in [-0.3, -0.25) is 10.3 Å². The summed E-state index contributed by atoms with van der Waals surface area (Å²) in [5.41, 5.74) is 7.56. The maximum atomic E-state index is 7.55. The van der Waals surface area contributed by atoms with Crippen molar-refractivity contribution in [1.29, 1.82) is 5.41 Å². The van der Waals surface area contributed by atoms with E-state index < -0.39 is 0 Å². The Kier molecular flexibility index (Phi) is 3.73. The Labute approximate surface area is 128 Å². The summed E-state index contributed by atoms with van der Waals surface area (Å²) in [5, 5.41) is 7.55. The number of nitrogens with two attached hydrogens (primary N) is 1. The Morgan fingerprint density at radius 3 is 2.75 bits per heavy atom. The van der Waals surface area contributed by atoms with Gasteiger partial charge in [0.1, 0.15) is 5.84 Å². The first kappa shape index (κ1) is 13.9. The third-order valence-electron chi connectivity index (χ3n) is 4.76. The molecule has 2 aliphatic rings. The average Bonchev–Trinajstić information content (AvgIpc) is 2.62. The zero-order valence-corrected chi connectivity index (χ0v) is 13.4. The van der Waals surface area contributed by atoms with Gasteiger partial charge in [0, 0.05) is 40.9 Å². The van der Waals surface area contributed by atoms with Crippen LogP contribution in [0, 0.1) is 5.41 Å². The molecular formula is C15H21BrN4. The first-order valence-electron chi connectivity index (χ1n) is 7.17. The molecule has 2 atom stereocenters. The molecule has 3 rings (SSSR count). The minimum Gasteiger partial charge on any atom is -0.384 e.